The standard InChI is InChI=1S/C22H20ClN3O3/c1-13-10-18(19(29-3)12-17(13)23)25-21-20-16(8-5-9-24-20)22(27)26(21)14-6-4-7-15(11-14)28-2/h4-12,21,25H,1-3H3/t21-/m1/s1. The van der Waals surface area contributed by atoms with E-state index in [9.17, 15) is 4.79 Å². The molecule has 0 aliphatic carbocycles. The second kappa shape index (κ2) is 7.64. The lowest BCUT2D eigenvalue weighted by molar-refractivity contribution is 0.0993. The number of benzene rings is 2. The third-order valence-corrected chi connectivity index (χ3v) is 5.32. The molecule has 1 atom stereocenters. The molecule has 0 saturated heterocycles. The summed E-state index contributed by atoms with van der Waals surface area (Å²) in [6, 6.07) is 14.6. The molecule has 1 aromatic heterocycles. The van der Waals surface area contributed by atoms with Crippen LogP contribution in [-0.4, -0.2) is 25.1 Å². The van der Waals surface area contributed by atoms with Crippen LogP contribution >= 0.6 is 11.6 Å². The van der Waals surface area contributed by atoms with Gasteiger partial charge < -0.3 is 14.8 Å². The van der Waals surface area contributed by atoms with Crippen LogP contribution < -0.4 is 19.7 Å². The summed E-state index contributed by atoms with van der Waals surface area (Å²) >= 11 is 6.24. The molecule has 3 aromatic rings. The van der Waals surface area contributed by atoms with Gasteiger partial charge in [0, 0.05) is 23.4 Å². The van der Waals surface area contributed by atoms with Gasteiger partial charge in [-0.3, -0.25) is 14.7 Å². The highest BCUT2D eigenvalue weighted by Gasteiger charge is 2.39. The number of fused-ring (bicyclic) bond motifs is 1. The topological polar surface area (TPSA) is 63.7 Å². The van der Waals surface area contributed by atoms with E-state index in [1.54, 1.807) is 43.5 Å². The molecule has 1 aliphatic rings. The summed E-state index contributed by atoms with van der Waals surface area (Å²) in [7, 11) is 3.18. The van der Waals surface area contributed by atoms with Crippen LogP contribution in [0.4, 0.5) is 11.4 Å². The molecule has 0 bridgehead atoms. The average Bonchev–Trinajstić information content (AvgIpc) is 3.02. The lowest BCUT2D eigenvalue weighted by Crippen LogP contribution is -2.32. The summed E-state index contributed by atoms with van der Waals surface area (Å²) in [5.74, 6) is 1.12. The number of ether oxygens (including phenoxy) is 2. The SMILES string of the molecule is COc1cccc(N2C(=O)c3cccnc3[C@@H]2Nc2cc(C)c(Cl)cc2OC)c1. The molecule has 148 valence electrons. The van der Waals surface area contributed by atoms with E-state index in [0.29, 0.717) is 33.5 Å². The van der Waals surface area contributed by atoms with Gasteiger partial charge in [-0.15, -0.1) is 0 Å². The Labute approximate surface area is 174 Å². The van der Waals surface area contributed by atoms with Gasteiger partial charge in [-0.2, -0.15) is 0 Å². The molecule has 2 aromatic carbocycles. The van der Waals surface area contributed by atoms with Crippen LogP contribution in [-0.2, 0) is 0 Å². The number of anilines is 2. The number of halogens is 1. The Morgan fingerprint density at radius 3 is 2.69 bits per heavy atom. The Hall–Kier alpha value is -3.25. The van der Waals surface area contributed by atoms with E-state index >= 15 is 0 Å². The third kappa shape index (κ3) is 3.36. The van der Waals surface area contributed by atoms with Crippen LogP contribution in [0.1, 0.15) is 27.8 Å². The lowest BCUT2D eigenvalue weighted by Gasteiger charge is -2.27. The van der Waals surface area contributed by atoms with Gasteiger partial charge >= 0.3 is 0 Å². The molecule has 0 fully saturated rings. The van der Waals surface area contributed by atoms with Gasteiger partial charge in [0.15, 0.2) is 6.17 Å². The number of nitrogens with one attached hydrogen (secondary N) is 1. The highest BCUT2D eigenvalue weighted by molar-refractivity contribution is 6.31. The number of hydrogen-bond acceptors (Lipinski definition) is 5. The number of carbonyl (C=O) groups excluding carboxylic acids is 1. The fraction of sp³-hybridized carbons (Fsp3) is 0.182. The Morgan fingerprint density at radius 1 is 1.10 bits per heavy atom. The van der Waals surface area contributed by atoms with Crippen molar-refractivity contribution in [2.75, 3.05) is 24.4 Å². The fourth-order valence-corrected chi connectivity index (χ4v) is 3.59. The van der Waals surface area contributed by atoms with Crippen molar-refractivity contribution in [1.29, 1.82) is 0 Å². The van der Waals surface area contributed by atoms with Crippen molar-refractivity contribution in [3.63, 3.8) is 0 Å². The predicted molar refractivity (Wildman–Crippen MR) is 113 cm³/mol. The quantitative estimate of drug-likeness (QED) is 0.653. The minimum atomic E-state index is -0.514. The Bertz CT molecular complexity index is 1090. The van der Waals surface area contributed by atoms with Crippen molar-refractivity contribution in [2.45, 2.75) is 13.1 Å². The van der Waals surface area contributed by atoms with Gasteiger partial charge in [-0.05, 0) is 42.8 Å². The summed E-state index contributed by atoms with van der Waals surface area (Å²) in [5.41, 5.74) is 3.52. The Kier molecular flexibility index (Phi) is 5.03. The molecular weight excluding hydrogens is 390 g/mol. The summed E-state index contributed by atoms with van der Waals surface area (Å²) in [4.78, 5) is 19.4. The van der Waals surface area contributed by atoms with Crippen LogP contribution in [0.5, 0.6) is 11.5 Å². The first-order chi connectivity index (χ1) is 14.0. The summed E-state index contributed by atoms with van der Waals surface area (Å²) in [6.45, 7) is 1.92. The lowest BCUT2D eigenvalue weighted by atomic mass is 10.1. The van der Waals surface area contributed by atoms with E-state index in [4.69, 9.17) is 21.1 Å². The molecule has 7 heteroatoms. The van der Waals surface area contributed by atoms with Crippen molar-refractivity contribution >= 4 is 28.9 Å². The minimum Gasteiger partial charge on any atom is -0.497 e. The Balaban J connectivity index is 1.82. The van der Waals surface area contributed by atoms with Gasteiger partial charge in [-0.25, -0.2) is 0 Å². The monoisotopic (exact) mass is 409 g/mol. The first-order valence-corrected chi connectivity index (χ1v) is 9.44. The maximum Gasteiger partial charge on any atom is 0.262 e. The summed E-state index contributed by atoms with van der Waals surface area (Å²) < 4.78 is 10.8. The van der Waals surface area contributed by atoms with Crippen molar-refractivity contribution in [3.8, 4) is 11.5 Å². The molecule has 0 saturated carbocycles. The number of carbonyl (C=O) groups is 1. The molecule has 1 amide bonds. The zero-order valence-corrected chi connectivity index (χ0v) is 17.0. The molecule has 0 unspecified atom stereocenters. The fourth-order valence-electron chi connectivity index (χ4n) is 3.44. The van der Waals surface area contributed by atoms with Gasteiger partial charge in [0.2, 0.25) is 0 Å². The minimum absolute atomic E-state index is 0.136. The average molecular weight is 410 g/mol. The number of rotatable bonds is 5. The largest absolute Gasteiger partial charge is 0.497 e. The smallest absolute Gasteiger partial charge is 0.262 e. The number of methoxy groups -OCH3 is 2. The van der Waals surface area contributed by atoms with Crippen LogP contribution in [0.3, 0.4) is 0 Å². The van der Waals surface area contributed by atoms with E-state index in [1.807, 2.05) is 37.3 Å². The molecule has 0 radical (unpaired) electrons. The number of hydrogen-bond donors (Lipinski definition) is 1. The van der Waals surface area contributed by atoms with E-state index in [1.165, 1.54) is 0 Å². The van der Waals surface area contributed by atoms with Crippen molar-refractivity contribution in [3.05, 3.63) is 76.6 Å². The van der Waals surface area contributed by atoms with Crippen LogP contribution in [0.2, 0.25) is 5.02 Å². The van der Waals surface area contributed by atoms with Crippen molar-refractivity contribution < 1.29 is 14.3 Å². The molecule has 29 heavy (non-hydrogen) atoms. The molecular formula is C22H20ClN3O3. The van der Waals surface area contributed by atoms with E-state index in [0.717, 1.165) is 11.3 Å². The van der Waals surface area contributed by atoms with Crippen molar-refractivity contribution in [1.82, 2.24) is 4.98 Å². The molecule has 6 nitrogen and oxygen atoms in total. The summed E-state index contributed by atoms with van der Waals surface area (Å²) in [6.07, 6.45) is 1.17. The number of amides is 1. The van der Waals surface area contributed by atoms with E-state index in [-0.39, 0.29) is 5.91 Å². The maximum atomic E-state index is 13.2. The number of aromatic nitrogens is 1. The van der Waals surface area contributed by atoms with E-state index < -0.39 is 6.17 Å². The highest BCUT2D eigenvalue weighted by atomic mass is 35.5. The van der Waals surface area contributed by atoms with E-state index in [2.05, 4.69) is 10.3 Å². The second-order valence-electron chi connectivity index (χ2n) is 6.66. The number of aryl methyl sites for hydroxylation is 1. The zero-order valence-electron chi connectivity index (χ0n) is 16.3. The second-order valence-corrected chi connectivity index (χ2v) is 7.07. The summed E-state index contributed by atoms with van der Waals surface area (Å²) in [5, 5.41) is 4.03. The number of pyridine rings is 1. The molecule has 2 heterocycles. The molecule has 4 rings (SSSR count). The molecule has 1 N–H and O–H groups in total. The molecule has 0 spiro atoms. The van der Waals surface area contributed by atoms with Gasteiger partial charge in [0.05, 0.1) is 36.9 Å². The van der Waals surface area contributed by atoms with Crippen LogP contribution in [0.25, 0.3) is 0 Å². The normalized spacial score (nSPS) is 15.2. The zero-order chi connectivity index (χ0) is 20.5. The first-order valence-electron chi connectivity index (χ1n) is 9.06. The predicted octanol–water partition coefficient (Wildman–Crippen LogP) is 4.83. The van der Waals surface area contributed by atoms with Crippen LogP contribution in [0.15, 0.2) is 54.7 Å². The third-order valence-electron chi connectivity index (χ3n) is 4.91. The van der Waals surface area contributed by atoms with Crippen molar-refractivity contribution in [2.24, 2.45) is 0 Å². The van der Waals surface area contributed by atoms with Crippen LogP contribution in [0, 0.1) is 6.92 Å². The highest BCUT2D eigenvalue weighted by Crippen LogP contribution is 2.40. The maximum absolute atomic E-state index is 13.2. The molecule has 1 aliphatic heterocycles. The first kappa shape index (κ1) is 19.1. The Morgan fingerprint density at radius 2 is 1.93 bits per heavy atom. The number of nitrogens with zero attached hydrogens (tertiary/aromatic N) is 2. The van der Waals surface area contributed by atoms with Gasteiger partial charge in [0.25, 0.3) is 5.91 Å². The van der Waals surface area contributed by atoms with Gasteiger partial charge in [-0.1, -0.05) is 17.7 Å². The van der Waals surface area contributed by atoms with Gasteiger partial charge in [0.1, 0.15) is 11.5 Å².